The van der Waals surface area contributed by atoms with Crippen LogP contribution in [0.5, 0.6) is 0 Å². The number of halogens is 4. The lowest BCUT2D eigenvalue weighted by Crippen LogP contribution is -2.07. The molecule has 2 nitrogen and oxygen atoms in total. The van der Waals surface area contributed by atoms with Gasteiger partial charge >= 0.3 is 6.18 Å². The molecule has 0 amide bonds. The standard InChI is InChI=1S/C8H4BrF3N2/c9-4-3-6(8(10,11)12)14-5-1-2-13-7(4)5/h1-3,13H. The van der Waals surface area contributed by atoms with E-state index in [9.17, 15) is 13.2 Å². The number of aromatic nitrogens is 2. The normalized spacial score (nSPS) is 12.3. The van der Waals surface area contributed by atoms with Crippen LogP contribution in [0.25, 0.3) is 11.0 Å². The highest BCUT2D eigenvalue weighted by Crippen LogP contribution is 2.32. The van der Waals surface area contributed by atoms with Crippen molar-refractivity contribution in [1.82, 2.24) is 9.97 Å². The molecule has 0 saturated carbocycles. The molecular formula is C8H4BrF3N2. The van der Waals surface area contributed by atoms with E-state index >= 15 is 0 Å². The van der Waals surface area contributed by atoms with Crippen LogP contribution in [0.15, 0.2) is 22.8 Å². The van der Waals surface area contributed by atoms with Crippen LogP contribution in [0.1, 0.15) is 5.69 Å². The Labute approximate surface area is 85.3 Å². The molecule has 0 atom stereocenters. The lowest BCUT2D eigenvalue weighted by atomic mass is 10.3. The number of hydrogen-bond donors (Lipinski definition) is 1. The van der Waals surface area contributed by atoms with E-state index in [1.807, 2.05) is 0 Å². The molecule has 0 saturated heterocycles. The fourth-order valence-corrected chi connectivity index (χ4v) is 1.68. The zero-order valence-corrected chi connectivity index (χ0v) is 8.28. The Balaban J connectivity index is 2.70. The molecule has 1 N–H and O–H groups in total. The smallest absolute Gasteiger partial charge is 0.359 e. The predicted molar refractivity (Wildman–Crippen MR) is 48.8 cm³/mol. The van der Waals surface area contributed by atoms with Crippen LogP contribution >= 0.6 is 15.9 Å². The van der Waals surface area contributed by atoms with Gasteiger partial charge in [0.1, 0.15) is 5.69 Å². The van der Waals surface area contributed by atoms with Crippen LogP contribution in [-0.2, 0) is 6.18 Å². The van der Waals surface area contributed by atoms with E-state index in [1.165, 1.54) is 6.07 Å². The number of pyridine rings is 1. The molecule has 2 rings (SSSR count). The summed E-state index contributed by atoms with van der Waals surface area (Å²) in [7, 11) is 0. The summed E-state index contributed by atoms with van der Waals surface area (Å²) in [6.45, 7) is 0. The molecule has 14 heavy (non-hydrogen) atoms. The molecule has 0 bridgehead atoms. The third kappa shape index (κ3) is 1.50. The quantitative estimate of drug-likeness (QED) is 0.777. The second-order valence-electron chi connectivity index (χ2n) is 2.72. The maximum absolute atomic E-state index is 12.3. The molecule has 2 aromatic heterocycles. The molecule has 0 spiro atoms. The van der Waals surface area contributed by atoms with Gasteiger partial charge in [0, 0.05) is 10.7 Å². The number of rotatable bonds is 0. The second kappa shape index (κ2) is 2.98. The molecule has 0 aliphatic rings. The third-order valence-electron chi connectivity index (χ3n) is 1.76. The zero-order valence-electron chi connectivity index (χ0n) is 6.69. The van der Waals surface area contributed by atoms with E-state index in [0.717, 1.165) is 6.07 Å². The van der Waals surface area contributed by atoms with Gasteiger partial charge in [0.05, 0.1) is 11.0 Å². The first-order chi connectivity index (χ1) is 6.48. The van der Waals surface area contributed by atoms with Crippen molar-refractivity contribution in [2.24, 2.45) is 0 Å². The van der Waals surface area contributed by atoms with Gasteiger partial charge in [0.15, 0.2) is 0 Å². The summed E-state index contributed by atoms with van der Waals surface area (Å²) < 4.78 is 37.3. The average molecular weight is 265 g/mol. The Morgan fingerprint density at radius 1 is 1.36 bits per heavy atom. The van der Waals surface area contributed by atoms with E-state index in [0.29, 0.717) is 15.5 Å². The molecule has 2 aromatic rings. The van der Waals surface area contributed by atoms with Gasteiger partial charge in [-0.15, -0.1) is 0 Å². The second-order valence-corrected chi connectivity index (χ2v) is 3.58. The van der Waals surface area contributed by atoms with Crippen LogP contribution in [0.2, 0.25) is 0 Å². The summed E-state index contributed by atoms with van der Waals surface area (Å²) in [5, 5.41) is 0. The number of H-pyrrole nitrogens is 1. The van der Waals surface area contributed by atoms with Gasteiger partial charge in [0.2, 0.25) is 0 Å². The minimum Gasteiger partial charge on any atom is -0.359 e. The Bertz CT molecular complexity index is 475. The van der Waals surface area contributed by atoms with E-state index in [2.05, 4.69) is 25.9 Å². The lowest BCUT2D eigenvalue weighted by molar-refractivity contribution is -0.141. The molecule has 0 fully saturated rings. The maximum Gasteiger partial charge on any atom is 0.433 e. The van der Waals surface area contributed by atoms with Gasteiger partial charge in [0.25, 0.3) is 0 Å². The fraction of sp³-hybridized carbons (Fsp3) is 0.125. The Morgan fingerprint density at radius 2 is 2.07 bits per heavy atom. The Hall–Kier alpha value is -1.04. The molecule has 0 unspecified atom stereocenters. The lowest BCUT2D eigenvalue weighted by Gasteiger charge is -2.06. The van der Waals surface area contributed by atoms with Crippen molar-refractivity contribution in [2.45, 2.75) is 6.18 Å². The molecule has 0 aliphatic heterocycles. The van der Waals surface area contributed by atoms with Crippen molar-refractivity contribution < 1.29 is 13.2 Å². The van der Waals surface area contributed by atoms with E-state index in [-0.39, 0.29) is 0 Å². The molecule has 0 aliphatic carbocycles. The fourth-order valence-electron chi connectivity index (χ4n) is 1.15. The minimum atomic E-state index is -4.41. The molecule has 2 heterocycles. The summed E-state index contributed by atoms with van der Waals surface area (Å²) in [4.78, 5) is 6.27. The summed E-state index contributed by atoms with van der Waals surface area (Å²) in [6, 6.07) is 2.45. The zero-order chi connectivity index (χ0) is 10.3. The summed E-state index contributed by atoms with van der Waals surface area (Å²) in [6.07, 6.45) is -2.86. The van der Waals surface area contributed by atoms with E-state index < -0.39 is 11.9 Å². The first-order valence-corrected chi connectivity index (χ1v) is 4.48. The van der Waals surface area contributed by atoms with Gasteiger partial charge in [-0.3, -0.25) is 0 Å². The van der Waals surface area contributed by atoms with Gasteiger partial charge in [-0.25, -0.2) is 4.98 Å². The summed E-state index contributed by atoms with van der Waals surface area (Å²) >= 11 is 3.05. The number of fused-ring (bicyclic) bond motifs is 1. The van der Waals surface area contributed by atoms with Crippen LogP contribution in [0.4, 0.5) is 13.2 Å². The predicted octanol–water partition coefficient (Wildman–Crippen LogP) is 3.34. The Morgan fingerprint density at radius 3 is 2.71 bits per heavy atom. The third-order valence-corrected chi connectivity index (χ3v) is 2.38. The van der Waals surface area contributed by atoms with Crippen LogP contribution in [0, 0.1) is 0 Å². The Kier molecular flexibility index (Phi) is 2.02. The van der Waals surface area contributed by atoms with E-state index in [1.54, 1.807) is 6.20 Å². The van der Waals surface area contributed by atoms with Crippen molar-refractivity contribution in [3.05, 3.63) is 28.5 Å². The first kappa shape index (κ1) is 9.51. The number of nitrogens with one attached hydrogen (secondary N) is 1. The molecule has 74 valence electrons. The average Bonchev–Trinajstić information content (AvgIpc) is 2.50. The number of aromatic amines is 1. The van der Waals surface area contributed by atoms with Crippen molar-refractivity contribution in [2.75, 3.05) is 0 Å². The van der Waals surface area contributed by atoms with Crippen molar-refractivity contribution in [3.63, 3.8) is 0 Å². The minimum absolute atomic E-state index is 0.298. The van der Waals surface area contributed by atoms with Gasteiger partial charge in [-0.2, -0.15) is 13.2 Å². The highest BCUT2D eigenvalue weighted by Gasteiger charge is 2.33. The monoisotopic (exact) mass is 264 g/mol. The van der Waals surface area contributed by atoms with Gasteiger partial charge in [-0.05, 0) is 28.1 Å². The van der Waals surface area contributed by atoms with Gasteiger partial charge in [-0.1, -0.05) is 0 Å². The molecule has 0 aromatic carbocycles. The van der Waals surface area contributed by atoms with Gasteiger partial charge < -0.3 is 4.98 Å². The van der Waals surface area contributed by atoms with E-state index in [4.69, 9.17) is 0 Å². The van der Waals surface area contributed by atoms with Crippen LogP contribution in [0.3, 0.4) is 0 Å². The highest BCUT2D eigenvalue weighted by atomic mass is 79.9. The van der Waals surface area contributed by atoms with Crippen molar-refractivity contribution in [1.29, 1.82) is 0 Å². The topological polar surface area (TPSA) is 28.7 Å². The van der Waals surface area contributed by atoms with Crippen LogP contribution in [-0.4, -0.2) is 9.97 Å². The summed E-state index contributed by atoms with van der Waals surface area (Å²) in [5.74, 6) is 0. The molecule has 6 heteroatoms. The SMILES string of the molecule is FC(F)(F)c1cc(Br)c2[nH]ccc2n1. The van der Waals surface area contributed by atoms with Crippen molar-refractivity contribution >= 4 is 27.0 Å². The van der Waals surface area contributed by atoms with Crippen molar-refractivity contribution in [3.8, 4) is 0 Å². The highest BCUT2D eigenvalue weighted by molar-refractivity contribution is 9.10. The number of hydrogen-bond acceptors (Lipinski definition) is 1. The molecule has 0 radical (unpaired) electrons. The molecular weight excluding hydrogens is 261 g/mol. The maximum atomic E-state index is 12.3. The number of nitrogens with zero attached hydrogens (tertiary/aromatic N) is 1. The first-order valence-electron chi connectivity index (χ1n) is 3.69. The largest absolute Gasteiger partial charge is 0.433 e. The number of alkyl halides is 3. The summed E-state index contributed by atoms with van der Waals surface area (Å²) in [5.41, 5.74) is -0.0267. The van der Waals surface area contributed by atoms with Crippen LogP contribution < -0.4 is 0 Å².